The van der Waals surface area contributed by atoms with E-state index in [1.54, 1.807) is 0 Å². The van der Waals surface area contributed by atoms with Crippen molar-refractivity contribution in [1.29, 1.82) is 0 Å². The van der Waals surface area contributed by atoms with E-state index in [2.05, 4.69) is 16.7 Å². The summed E-state index contributed by atoms with van der Waals surface area (Å²) in [5.41, 5.74) is 1.05. The lowest BCUT2D eigenvalue weighted by Crippen LogP contribution is -2.01. The van der Waals surface area contributed by atoms with Gasteiger partial charge in [0.15, 0.2) is 5.78 Å². The van der Waals surface area contributed by atoms with E-state index < -0.39 is 0 Å². The maximum absolute atomic E-state index is 11.9. The Morgan fingerprint density at radius 3 is 2.90 bits per heavy atom. The zero-order chi connectivity index (χ0) is 13.9. The molecule has 4 heteroatoms. The number of carbonyl (C=O) groups is 1. The lowest BCUT2D eigenvalue weighted by molar-refractivity contribution is 0.0982. The first-order valence-electron chi connectivity index (χ1n) is 6.56. The van der Waals surface area contributed by atoms with Gasteiger partial charge in [0.25, 0.3) is 0 Å². The molecule has 0 fully saturated rings. The van der Waals surface area contributed by atoms with E-state index in [0.717, 1.165) is 33.8 Å². The molecule has 0 saturated carbocycles. The highest BCUT2D eigenvalue weighted by atomic mass is 35.5. The Kier molecular flexibility index (Phi) is 3.90. The van der Waals surface area contributed by atoms with Gasteiger partial charge in [-0.25, -0.2) is 0 Å². The molecule has 2 heterocycles. The summed E-state index contributed by atoms with van der Waals surface area (Å²) in [5.74, 6) is 0.225. The molecule has 0 spiro atoms. The van der Waals surface area contributed by atoms with E-state index in [4.69, 9.17) is 11.6 Å². The van der Waals surface area contributed by atoms with Crippen LogP contribution in [0.1, 0.15) is 22.5 Å². The van der Waals surface area contributed by atoms with Crippen LogP contribution in [0.4, 0.5) is 0 Å². The topological polar surface area (TPSA) is 22.0 Å². The molecule has 0 unspecified atom stereocenters. The second-order valence-corrected chi connectivity index (χ2v) is 6.05. The molecule has 2 nitrogen and oxygen atoms in total. The SMILES string of the molecule is O=C(CCCn1ccc2cccc(Cl)c21)c1cccs1. The Hall–Kier alpha value is -1.58. The number of aromatic nitrogens is 1. The van der Waals surface area contributed by atoms with Crippen LogP contribution >= 0.6 is 22.9 Å². The van der Waals surface area contributed by atoms with Gasteiger partial charge in [-0.3, -0.25) is 4.79 Å². The molecule has 0 bridgehead atoms. The van der Waals surface area contributed by atoms with Crippen molar-refractivity contribution >= 4 is 39.6 Å². The molecule has 3 rings (SSSR count). The van der Waals surface area contributed by atoms with Crippen LogP contribution in [0.15, 0.2) is 48.0 Å². The number of para-hydroxylation sites is 1. The van der Waals surface area contributed by atoms with Gasteiger partial charge in [-0.1, -0.05) is 29.8 Å². The van der Waals surface area contributed by atoms with Gasteiger partial charge in [-0.05, 0) is 30.0 Å². The highest BCUT2D eigenvalue weighted by Crippen LogP contribution is 2.24. The number of Topliss-reactive ketones (excluding diaryl/α,β-unsaturated/α-hetero) is 1. The monoisotopic (exact) mass is 303 g/mol. The minimum Gasteiger partial charge on any atom is -0.346 e. The number of benzene rings is 1. The highest BCUT2D eigenvalue weighted by Gasteiger charge is 2.08. The summed E-state index contributed by atoms with van der Waals surface area (Å²) in [5, 5.41) is 3.84. The predicted octanol–water partition coefficient (Wildman–Crippen LogP) is 5.02. The van der Waals surface area contributed by atoms with Gasteiger partial charge in [0, 0.05) is 24.5 Å². The van der Waals surface area contributed by atoms with Crippen molar-refractivity contribution in [3.05, 3.63) is 57.9 Å². The lowest BCUT2D eigenvalue weighted by atomic mass is 10.2. The van der Waals surface area contributed by atoms with Crippen LogP contribution in [0.3, 0.4) is 0 Å². The molecule has 0 aliphatic carbocycles. The van der Waals surface area contributed by atoms with E-state index in [-0.39, 0.29) is 5.78 Å². The summed E-state index contributed by atoms with van der Waals surface area (Å²) >= 11 is 7.75. The van der Waals surface area contributed by atoms with Crippen molar-refractivity contribution in [2.45, 2.75) is 19.4 Å². The molecule has 0 saturated heterocycles. The number of ketones is 1. The largest absolute Gasteiger partial charge is 0.346 e. The van der Waals surface area contributed by atoms with Crippen molar-refractivity contribution in [2.24, 2.45) is 0 Å². The standard InChI is InChI=1S/C16H14ClNOS/c17-13-5-1-4-12-8-10-18(16(12)13)9-2-6-14(19)15-7-3-11-20-15/h1,3-5,7-8,10-11H,2,6,9H2. The zero-order valence-corrected chi connectivity index (χ0v) is 12.5. The fourth-order valence-electron chi connectivity index (χ4n) is 2.37. The van der Waals surface area contributed by atoms with Crippen LogP contribution in [0.2, 0.25) is 5.02 Å². The minimum absolute atomic E-state index is 0.225. The minimum atomic E-state index is 0.225. The molecular weight excluding hydrogens is 290 g/mol. The number of aryl methyl sites for hydroxylation is 1. The number of carbonyl (C=O) groups excluding carboxylic acids is 1. The molecule has 102 valence electrons. The van der Waals surface area contributed by atoms with Gasteiger partial charge in [0.2, 0.25) is 0 Å². The van der Waals surface area contributed by atoms with Gasteiger partial charge in [-0.15, -0.1) is 11.3 Å². The molecule has 0 aliphatic heterocycles. The Morgan fingerprint density at radius 1 is 1.20 bits per heavy atom. The van der Waals surface area contributed by atoms with Crippen LogP contribution in [0.25, 0.3) is 10.9 Å². The van der Waals surface area contributed by atoms with Gasteiger partial charge in [0.05, 0.1) is 15.4 Å². The Bertz CT molecular complexity index is 730. The molecule has 0 radical (unpaired) electrons. The molecule has 20 heavy (non-hydrogen) atoms. The smallest absolute Gasteiger partial charge is 0.172 e. The fraction of sp³-hybridized carbons (Fsp3) is 0.188. The molecule has 3 aromatic rings. The molecular formula is C16H14ClNOS. The molecule has 0 atom stereocenters. The third kappa shape index (κ3) is 2.65. The lowest BCUT2D eigenvalue weighted by Gasteiger charge is -2.06. The van der Waals surface area contributed by atoms with E-state index in [0.29, 0.717) is 6.42 Å². The van der Waals surface area contributed by atoms with Crippen molar-refractivity contribution in [1.82, 2.24) is 4.57 Å². The number of fused-ring (bicyclic) bond motifs is 1. The van der Waals surface area contributed by atoms with Gasteiger partial charge >= 0.3 is 0 Å². The first-order chi connectivity index (χ1) is 9.75. The zero-order valence-electron chi connectivity index (χ0n) is 10.9. The normalized spacial score (nSPS) is 11.1. The average molecular weight is 304 g/mol. The van der Waals surface area contributed by atoms with Crippen LogP contribution in [-0.4, -0.2) is 10.4 Å². The number of thiophene rings is 1. The first kappa shape index (κ1) is 13.4. The first-order valence-corrected chi connectivity index (χ1v) is 7.81. The summed E-state index contributed by atoms with van der Waals surface area (Å²) in [6.45, 7) is 0.810. The summed E-state index contributed by atoms with van der Waals surface area (Å²) in [4.78, 5) is 12.8. The summed E-state index contributed by atoms with van der Waals surface area (Å²) < 4.78 is 2.12. The average Bonchev–Trinajstić information content (AvgIpc) is 3.08. The van der Waals surface area contributed by atoms with Crippen molar-refractivity contribution in [3.63, 3.8) is 0 Å². The summed E-state index contributed by atoms with van der Waals surface area (Å²) in [7, 11) is 0. The fourth-order valence-corrected chi connectivity index (χ4v) is 3.36. The molecule has 1 aromatic carbocycles. The van der Waals surface area contributed by atoms with Gasteiger partial charge in [-0.2, -0.15) is 0 Å². The van der Waals surface area contributed by atoms with Crippen LogP contribution in [0.5, 0.6) is 0 Å². The quantitative estimate of drug-likeness (QED) is 0.607. The number of hydrogen-bond acceptors (Lipinski definition) is 2. The molecule has 0 amide bonds. The second-order valence-electron chi connectivity index (χ2n) is 4.69. The number of nitrogens with zero attached hydrogens (tertiary/aromatic N) is 1. The maximum Gasteiger partial charge on any atom is 0.172 e. The van der Waals surface area contributed by atoms with Crippen LogP contribution in [0, 0.1) is 0 Å². The molecule has 0 aliphatic rings. The summed E-state index contributed by atoms with van der Waals surface area (Å²) in [6.07, 6.45) is 3.43. The van der Waals surface area contributed by atoms with E-state index in [1.165, 1.54) is 11.3 Å². The Labute approximate surface area is 126 Å². The third-order valence-corrected chi connectivity index (χ3v) is 4.55. The van der Waals surface area contributed by atoms with E-state index in [9.17, 15) is 4.79 Å². The van der Waals surface area contributed by atoms with Gasteiger partial charge in [0.1, 0.15) is 0 Å². The Morgan fingerprint density at radius 2 is 2.10 bits per heavy atom. The van der Waals surface area contributed by atoms with Gasteiger partial charge < -0.3 is 4.57 Å². The Balaban J connectivity index is 1.67. The molecule has 0 N–H and O–H groups in total. The second kappa shape index (κ2) is 5.81. The maximum atomic E-state index is 11.9. The number of hydrogen-bond donors (Lipinski definition) is 0. The van der Waals surface area contributed by atoms with Crippen molar-refractivity contribution in [3.8, 4) is 0 Å². The summed E-state index contributed by atoms with van der Waals surface area (Å²) in [6, 6.07) is 11.8. The molecule has 2 aromatic heterocycles. The highest BCUT2D eigenvalue weighted by molar-refractivity contribution is 7.12. The predicted molar refractivity (Wildman–Crippen MR) is 84.8 cm³/mol. The van der Waals surface area contributed by atoms with E-state index in [1.807, 2.05) is 35.8 Å². The number of rotatable bonds is 5. The van der Waals surface area contributed by atoms with Crippen LogP contribution in [-0.2, 0) is 6.54 Å². The van der Waals surface area contributed by atoms with Crippen molar-refractivity contribution < 1.29 is 4.79 Å². The number of halogens is 1. The van der Waals surface area contributed by atoms with Crippen molar-refractivity contribution in [2.75, 3.05) is 0 Å². The van der Waals surface area contributed by atoms with Crippen LogP contribution < -0.4 is 0 Å². The van der Waals surface area contributed by atoms with E-state index >= 15 is 0 Å². The third-order valence-electron chi connectivity index (χ3n) is 3.34.